The fourth-order valence-electron chi connectivity index (χ4n) is 7.00. The van der Waals surface area contributed by atoms with E-state index in [1.807, 2.05) is 0 Å². The monoisotopic (exact) mass is 447 g/mol. The van der Waals surface area contributed by atoms with E-state index in [9.17, 15) is 0 Å². The van der Waals surface area contributed by atoms with Crippen molar-refractivity contribution in [3.8, 4) is 0 Å². The molecule has 0 N–H and O–H groups in total. The van der Waals surface area contributed by atoms with Gasteiger partial charge in [0.05, 0.1) is 12.3 Å². The van der Waals surface area contributed by atoms with Gasteiger partial charge in [0.25, 0.3) is 0 Å². The molecule has 4 aliphatic heterocycles. The zero-order valence-electron chi connectivity index (χ0n) is 21.4. The quantitative estimate of drug-likeness (QED) is 0.522. The lowest BCUT2D eigenvalue weighted by Gasteiger charge is -2.43. The summed E-state index contributed by atoms with van der Waals surface area (Å²) in [5.41, 5.74) is 0. The van der Waals surface area contributed by atoms with Gasteiger partial charge >= 0.3 is 0 Å². The Morgan fingerprint density at radius 1 is 0.562 bits per heavy atom. The second-order valence-electron chi connectivity index (χ2n) is 11.0. The van der Waals surface area contributed by atoms with E-state index in [4.69, 9.17) is 0 Å². The van der Waals surface area contributed by atoms with E-state index < -0.39 is 0 Å². The third-order valence-electron chi connectivity index (χ3n) is 8.82. The molecule has 4 saturated heterocycles. The molecule has 4 rings (SSSR count). The molecule has 0 bridgehead atoms. The molecule has 2 atom stereocenters. The Labute approximate surface area is 199 Å². The van der Waals surface area contributed by atoms with E-state index in [0.717, 1.165) is 12.3 Å². The summed E-state index contributed by atoms with van der Waals surface area (Å²) in [6.07, 6.45) is 19.8. The van der Waals surface area contributed by atoms with Crippen LogP contribution in [0.15, 0.2) is 0 Å². The van der Waals surface area contributed by atoms with Crippen molar-refractivity contribution in [3.05, 3.63) is 0 Å². The summed E-state index contributed by atoms with van der Waals surface area (Å²) in [6, 6.07) is 0. The molecule has 32 heavy (non-hydrogen) atoms. The van der Waals surface area contributed by atoms with Crippen molar-refractivity contribution < 1.29 is 0 Å². The first-order chi connectivity index (χ1) is 15.8. The number of rotatable bonds is 9. The van der Waals surface area contributed by atoms with Gasteiger partial charge in [-0.1, -0.05) is 32.6 Å². The number of fused-ring (bicyclic) bond motifs is 2. The van der Waals surface area contributed by atoms with Crippen molar-refractivity contribution in [2.75, 3.05) is 72.0 Å². The summed E-state index contributed by atoms with van der Waals surface area (Å²) >= 11 is 0. The zero-order chi connectivity index (χ0) is 22.0. The van der Waals surface area contributed by atoms with Crippen LogP contribution in [0.2, 0.25) is 0 Å². The molecule has 0 aliphatic carbocycles. The molecule has 4 aliphatic rings. The summed E-state index contributed by atoms with van der Waals surface area (Å²) in [5.74, 6) is 0. The zero-order valence-corrected chi connectivity index (χ0v) is 21.4. The summed E-state index contributed by atoms with van der Waals surface area (Å²) in [5, 5.41) is 0. The fourth-order valence-corrected chi connectivity index (χ4v) is 7.00. The molecule has 0 aromatic carbocycles. The van der Waals surface area contributed by atoms with Crippen LogP contribution in [0.1, 0.15) is 90.4 Å². The molecule has 0 saturated carbocycles. The van der Waals surface area contributed by atoms with E-state index in [1.54, 1.807) is 0 Å². The number of hydrogen-bond acceptors (Lipinski definition) is 5. The maximum atomic E-state index is 2.86. The Balaban J connectivity index is 1.17. The largest absolute Gasteiger partial charge is 0.304 e. The van der Waals surface area contributed by atoms with Crippen molar-refractivity contribution in [1.82, 2.24) is 24.5 Å². The third kappa shape index (κ3) is 7.15. The van der Waals surface area contributed by atoms with Gasteiger partial charge < -0.3 is 4.90 Å². The Morgan fingerprint density at radius 2 is 1.03 bits per heavy atom. The van der Waals surface area contributed by atoms with Crippen LogP contribution in [0, 0.1) is 0 Å². The van der Waals surface area contributed by atoms with Crippen molar-refractivity contribution in [2.24, 2.45) is 0 Å². The Hall–Kier alpha value is -0.200. The van der Waals surface area contributed by atoms with Gasteiger partial charge in [0.2, 0.25) is 0 Å². The van der Waals surface area contributed by atoms with Gasteiger partial charge in [-0.05, 0) is 104 Å². The molecule has 0 spiro atoms. The molecular formula is C27H53N5. The second-order valence-corrected chi connectivity index (χ2v) is 11.0. The molecule has 4 fully saturated rings. The lowest BCUT2D eigenvalue weighted by molar-refractivity contribution is 0.00310. The molecule has 0 aromatic heterocycles. The minimum absolute atomic E-state index is 0.747. The van der Waals surface area contributed by atoms with Crippen LogP contribution in [0.4, 0.5) is 0 Å². The Morgan fingerprint density at radius 3 is 1.59 bits per heavy atom. The van der Waals surface area contributed by atoms with Crippen molar-refractivity contribution in [3.63, 3.8) is 0 Å². The molecule has 5 heteroatoms. The Bertz CT molecular complexity index is 512. The number of hydrogen-bond donors (Lipinski definition) is 0. The van der Waals surface area contributed by atoms with E-state index in [0.29, 0.717) is 0 Å². The molecule has 0 aromatic rings. The van der Waals surface area contributed by atoms with E-state index in [1.165, 1.54) is 155 Å². The topological polar surface area (TPSA) is 16.2 Å². The second kappa shape index (κ2) is 13.6. The van der Waals surface area contributed by atoms with Gasteiger partial charge in [-0.2, -0.15) is 0 Å². The minimum Gasteiger partial charge on any atom is -0.304 e. The van der Waals surface area contributed by atoms with Crippen LogP contribution < -0.4 is 0 Å². The van der Waals surface area contributed by atoms with Crippen LogP contribution in [0.25, 0.3) is 0 Å². The first-order valence-corrected chi connectivity index (χ1v) is 14.5. The molecule has 4 heterocycles. The van der Waals surface area contributed by atoms with Crippen LogP contribution in [-0.4, -0.2) is 109 Å². The third-order valence-corrected chi connectivity index (χ3v) is 8.82. The highest BCUT2D eigenvalue weighted by molar-refractivity contribution is 4.82. The van der Waals surface area contributed by atoms with Crippen LogP contribution in [-0.2, 0) is 0 Å². The van der Waals surface area contributed by atoms with E-state index >= 15 is 0 Å². The lowest BCUT2D eigenvalue weighted by Crippen LogP contribution is -2.53. The molecule has 186 valence electrons. The normalized spacial score (nSPS) is 29.8. The van der Waals surface area contributed by atoms with Gasteiger partial charge in [0.1, 0.15) is 0 Å². The standard InChI is InChI=1S/C27H53N5/c1-2-28(17-12-23-32-25-13-24-30-19-8-4-6-15-27(30)32)16-11-22-31-21-10-9-20-29-18-7-3-5-14-26(29)31/h26-27H,2-25H2,1H3. The minimum atomic E-state index is 0.747. The van der Waals surface area contributed by atoms with Crippen molar-refractivity contribution in [1.29, 1.82) is 0 Å². The van der Waals surface area contributed by atoms with Gasteiger partial charge in [0, 0.05) is 26.2 Å². The van der Waals surface area contributed by atoms with Crippen molar-refractivity contribution in [2.45, 2.75) is 103 Å². The van der Waals surface area contributed by atoms with Gasteiger partial charge in [-0.25, -0.2) is 0 Å². The van der Waals surface area contributed by atoms with Crippen molar-refractivity contribution >= 4 is 0 Å². The predicted molar refractivity (Wildman–Crippen MR) is 136 cm³/mol. The molecule has 0 radical (unpaired) electrons. The predicted octanol–water partition coefficient (Wildman–Crippen LogP) is 4.29. The summed E-state index contributed by atoms with van der Waals surface area (Å²) < 4.78 is 0. The van der Waals surface area contributed by atoms with Crippen LogP contribution >= 0.6 is 0 Å². The first kappa shape index (κ1) is 24.9. The maximum absolute atomic E-state index is 2.86. The average Bonchev–Trinajstić information content (AvgIpc) is 3.27. The van der Waals surface area contributed by atoms with Gasteiger partial charge in [-0.15, -0.1) is 0 Å². The Kier molecular flexibility index (Phi) is 10.6. The smallest absolute Gasteiger partial charge is 0.0622 e. The fraction of sp³-hybridized carbons (Fsp3) is 1.00. The summed E-state index contributed by atoms with van der Waals surface area (Å²) in [4.78, 5) is 14.1. The first-order valence-electron chi connectivity index (χ1n) is 14.5. The number of nitrogens with zero attached hydrogens (tertiary/aromatic N) is 5. The summed E-state index contributed by atoms with van der Waals surface area (Å²) in [6.45, 7) is 16.8. The summed E-state index contributed by atoms with van der Waals surface area (Å²) in [7, 11) is 0. The average molecular weight is 448 g/mol. The lowest BCUT2D eigenvalue weighted by atomic mass is 10.1. The highest BCUT2D eigenvalue weighted by atomic mass is 15.4. The van der Waals surface area contributed by atoms with Gasteiger partial charge in [0.15, 0.2) is 0 Å². The maximum Gasteiger partial charge on any atom is 0.0622 e. The van der Waals surface area contributed by atoms with Gasteiger partial charge in [-0.3, -0.25) is 19.6 Å². The molecule has 2 unspecified atom stereocenters. The SMILES string of the molecule is CCN(CCCN1CCCCN2CCCCCC21)CCCN1CCCN2CCCCCC21. The molecule has 5 nitrogen and oxygen atoms in total. The molecular weight excluding hydrogens is 394 g/mol. The molecule has 0 amide bonds. The van der Waals surface area contributed by atoms with Crippen LogP contribution in [0.5, 0.6) is 0 Å². The van der Waals surface area contributed by atoms with E-state index in [-0.39, 0.29) is 0 Å². The highest BCUT2D eigenvalue weighted by Crippen LogP contribution is 2.25. The van der Waals surface area contributed by atoms with Crippen LogP contribution in [0.3, 0.4) is 0 Å². The van der Waals surface area contributed by atoms with E-state index in [2.05, 4.69) is 31.4 Å². The highest BCUT2D eigenvalue weighted by Gasteiger charge is 2.30.